The van der Waals surface area contributed by atoms with Crippen molar-refractivity contribution in [2.24, 2.45) is 0 Å². The van der Waals surface area contributed by atoms with Crippen molar-refractivity contribution in [2.75, 3.05) is 37.3 Å². The zero-order valence-corrected chi connectivity index (χ0v) is 15.2. The van der Waals surface area contributed by atoms with Gasteiger partial charge in [0, 0.05) is 45.2 Å². The Bertz CT molecular complexity index is 894. The number of benzene rings is 1. The van der Waals surface area contributed by atoms with E-state index >= 15 is 0 Å². The van der Waals surface area contributed by atoms with Crippen LogP contribution in [0.1, 0.15) is 5.69 Å². The standard InChI is InChI=1S/C17H20N4O4S/c1-26(24,25)16-7-4-6-15(17(16)21(22)23)20-11-9-19(10-12-20)13-14-5-2-3-8-18-14/h2-8H,9-13H2,1H3. The number of pyridine rings is 1. The van der Waals surface area contributed by atoms with Crippen LogP contribution in [0.4, 0.5) is 11.4 Å². The Morgan fingerprint density at radius 1 is 1.12 bits per heavy atom. The first kappa shape index (κ1) is 18.3. The molecule has 1 aliphatic rings. The molecule has 0 aliphatic carbocycles. The summed E-state index contributed by atoms with van der Waals surface area (Å²) < 4.78 is 23.8. The van der Waals surface area contributed by atoms with Gasteiger partial charge in [0.1, 0.15) is 10.6 Å². The van der Waals surface area contributed by atoms with Gasteiger partial charge < -0.3 is 4.90 Å². The van der Waals surface area contributed by atoms with Crippen molar-refractivity contribution < 1.29 is 13.3 Å². The minimum atomic E-state index is -3.68. The summed E-state index contributed by atoms with van der Waals surface area (Å²) in [7, 11) is -3.68. The lowest BCUT2D eigenvalue weighted by Crippen LogP contribution is -2.46. The molecule has 0 saturated carbocycles. The summed E-state index contributed by atoms with van der Waals surface area (Å²) in [5.41, 5.74) is 0.995. The molecular weight excluding hydrogens is 356 g/mol. The second-order valence-corrected chi connectivity index (χ2v) is 8.22. The molecule has 0 radical (unpaired) electrons. The van der Waals surface area contributed by atoms with Crippen LogP contribution in [0.15, 0.2) is 47.5 Å². The quantitative estimate of drug-likeness (QED) is 0.579. The van der Waals surface area contributed by atoms with Crippen molar-refractivity contribution >= 4 is 21.2 Å². The van der Waals surface area contributed by atoms with Gasteiger partial charge in [-0.3, -0.25) is 20.0 Å². The zero-order chi connectivity index (χ0) is 18.7. The van der Waals surface area contributed by atoms with Crippen molar-refractivity contribution in [3.8, 4) is 0 Å². The number of para-hydroxylation sites is 1. The smallest absolute Gasteiger partial charge is 0.311 e. The van der Waals surface area contributed by atoms with Gasteiger partial charge in [-0.15, -0.1) is 0 Å². The molecule has 1 aromatic heterocycles. The number of hydrogen-bond donors (Lipinski definition) is 0. The third kappa shape index (κ3) is 4.00. The maximum atomic E-state index is 11.9. The van der Waals surface area contributed by atoms with Crippen molar-refractivity contribution in [3.05, 3.63) is 58.4 Å². The second-order valence-electron chi connectivity index (χ2n) is 6.24. The zero-order valence-electron chi connectivity index (χ0n) is 14.4. The largest absolute Gasteiger partial charge is 0.363 e. The molecule has 3 rings (SSSR count). The molecule has 0 N–H and O–H groups in total. The first-order valence-corrected chi connectivity index (χ1v) is 10.1. The number of sulfone groups is 1. The van der Waals surface area contributed by atoms with E-state index in [0.29, 0.717) is 18.8 Å². The molecule has 9 heteroatoms. The first-order chi connectivity index (χ1) is 12.4. The Morgan fingerprint density at radius 2 is 1.85 bits per heavy atom. The summed E-state index contributed by atoms with van der Waals surface area (Å²) in [6, 6.07) is 10.2. The third-order valence-electron chi connectivity index (χ3n) is 4.38. The minimum Gasteiger partial charge on any atom is -0.363 e. The molecule has 26 heavy (non-hydrogen) atoms. The topological polar surface area (TPSA) is 96.7 Å². The molecule has 2 heterocycles. The fourth-order valence-electron chi connectivity index (χ4n) is 3.12. The van der Waals surface area contributed by atoms with Crippen LogP contribution in [0.3, 0.4) is 0 Å². The summed E-state index contributed by atoms with van der Waals surface area (Å²) in [6.07, 6.45) is 2.75. The normalized spacial score (nSPS) is 15.8. The van der Waals surface area contributed by atoms with Crippen LogP contribution in [0, 0.1) is 10.1 Å². The van der Waals surface area contributed by atoms with Crippen molar-refractivity contribution in [1.82, 2.24) is 9.88 Å². The monoisotopic (exact) mass is 376 g/mol. The van der Waals surface area contributed by atoms with Crippen molar-refractivity contribution in [2.45, 2.75) is 11.4 Å². The average molecular weight is 376 g/mol. The lowest BCUT2D eigenvalue weighted by Gasteiger charge is -2.35. The second kappa shape index (κ2) is 7.38. The number of nitro groups is 1. The van der Waals surface area contributed by atoms with Gasteiger partial charge in [-0.05, 0) is 24.3 Å². The van der Waals surface area contributed by atoms with Gasteiger partial charge in [0.15, 0.2) is 9.84 Å². The van der Waals surface area contributed by atoms with Gasteiger partial charge in [-0.25, -0.2) is 8.42 Å². The molecule has 2 aromatic rings. The maximum Gasteiger partial charge on any atom is 0.311 e. The van der Waals surface area contributed by atoms with Crippen LogP contribution < -0.4 is 4.90 Å². The summed E-state index contributed by atoms with van der Waals surface area (Å²) in [5, 5.41) is 11.5. The fourth-order valence-corrected chi connectivity index (χ4v) is 3.97. The Labute approximate surface area is 152 Å². The number of rotatable bonds is 5. The Hall–Kier alpha value is -2.52. The summed E-state index contributed by atoms with van der Waals surface area (Å²) >= 11 is 0. The van der Waals surface area contributed by atoms with Gasteiger partial charge in [-0.2, -0.15) is 0 Å². The first-order valence-electron chi connectivity index (χ1n) is 8.21. The average Bonchev–Trinajstić information content (AvgIpc) is 2.62. The highest BCUT2D eigenvalue weighted by atomic mass is 32.2. The number of hydrogen-bond acceptors (Lipinski definition) is 7. The van der Waals surface area contributed by atoms with Crippen LogP contribution in [0.2, 0.25) is 0 Å². The van der Waals surface area contributed by atoms with E-state index in [-0.39, 0.29) is 10.6 Å². The lowest BCUT2D eigenvalue weighted by molar-refractivity contribution is -0.387. The van der Waals surface area contributed by atoms with Gasteiger partial charge in [0.05, 0.1) is 10.6 Å². The van der Waals surface area contributed by atoms with Crippen molar-refractivity contribution in [1.29, 1.82) is 0 Å². The number of nitrogens with zero attached hydrogens (tertiary/aromatic N) is 4. The van der Waals surface area contributed by atoms with Crippen LogP contribution >= 0.6 is 0 Å². The number of nitro benzene ring substituents is 1. The van der Waals surface area contributed by atoms with Crippen LogP contribution in [0.5, 0.6) is 0 Å². The number of aromatic nitrogens is 1. The summed E-state index contributed by atoms with van der Waals surface area (Å²) in [6.45, 7) is 3.33. The molecule has 1 saturated heterocycles. The van der Waals surface area contributed by atoms with Gasteiger partial charge in [0.2, 0.25) is 0 Å². The highest BCUT2D eigenvalue weighted by Crippen LogP contribution is 2.35. The van der Waals surface area contributed by atoms with Crippen LogP contribution in [-0.2, 0) is 16.4 Å². The minimum absolute atomic E-state index is 0.240. The van der Waals surface area contributed by atoms with E-state index in [1.807, 2.05) is 23.1 Å². The fraction of sp³-hybridized carbons (Fsp3) is 0.353. The summed E-state index contributed by atoms with van der Waals surface area (Å²) in [4.78, 5) is 19.1. The van der Waals surface area contributed by atoms with E-state index in [4.69, 9.17) is 0 Å². The molecule has 8 nitrogen and oxygen atoms in total. The Morgan fingerprint density at radius 3 is 2.42 bits per heavy atom. The molecule has 0 amide bonds. The Balaban J connectivity index is 1.78. The van der Waals surface area contributed by atoms with Gasteiger partial charge in [0.25, 0.3) is 0 Å². The lowest BCUT2D eigenvalue weighted by atomic mass is 10.2. The third-order valence-corrected chi connectivity index (χ3v) is 5.51. The Kier molecular flexibility index (Phi) is 5.19. The van der Waals surface area contributed by atoms with E-state index in [1.54, 1.807) is 18.3 Å². The molecule has 0 spiro atoms. The SMILES string of the molecule is CS(=O)(=O)c1cccc(N2CCN(Cc3ccccn3)CC2)c1[N+](=O)[O-]. The highest BCUT2D eigenvalue weighted by Gasteiger charge is 2.30. The van der Waals surface area contributed by atoms with E-state index in [1.165, 1.54) is 6.07 Å². The van der Waals surface area contributed by atoms with E-state index in [9.17, 15) is 18.5 Å². The predicted octanol–water partition coefficient (Wildman–Crippen LogP) is 1.72. The predicted molar refractivity (Wildman–Crippen MR) is 97.9 cm³/mol. The molecular formula is C17H20N4O4S. The molecule has 138 valence electrons. The van der Waals surface area contributed by atoms with Crippen molar-refractivity contribution in [3.63, 3.8) is 0 Å². The molecule has 1 aliphatic heterocycles. The molecule has 0 unspecified atom stereocenters. The van der Waals surface area contributed by atoms with Gasteiger partial charge >= 0.3 is 5.69 Å². The molecule has 0 bridgehead atoms. The van der Waals surface area contributed by atoms with Crippen LogP contribution in [-0.4, -0.2) is 55.7 Å². The number of anilines is 1. The van der Waals surface area contributed by atoms with Gasteiger partial charge in [-0.1, -0.05) is 12.1 Å². The van der Waals surface area contributed by atoms with E-state index in [2.05, 4.69) is 9.88 Å². The molecule has 1 aromatic carbocycles. The highest BCUT2D eigenvalue weighted by molar-refractivity contribution is 7.90. The van der Waals surface area contributed by atoms with E-state index < -0.39 is 14.8 Å². The summed E-state index contributed by atoms with van der Waals surface area (Å²) in [5.74, 6) is 0. The molecule has 0 atom stereocenters. The van der Waals surface area contributed by atoms with Crippen LogP contribution in [0.25, 0.3) is 0 Å². The maximum absolute atomic E-state index is 11.9. The number of piperazine rings is 1. The molecule has 1 fully saturated rings. The van der Waals surface area contributed by atoms with E-state index in [0.717, 1.165) is 31.6 Å².